The molecule has 5 nitrogen and oxygen atoms in total. The van der Waals surface area contributed by atoms with Gasteiger partial charge in [0.05, 0.1) is 6.42 Å². The number of nitrogens with zero attached hydrogens (tertiary/aromatic N) is 1. The van der Waals surface area contributed by atoms with Gasteiger partial charge in [-0.15, -0.1) is 0 Å². The molecule has 1 rings (SSSR count). The van der Waals surface area contributed by atoms with Crippen LogP contribution in [-0.4, -0.2) is 33.2 Å². The summed E-state index contributed by atoms with van der Waals surface area (Å²) < 4.78 is 60.9. The highest BCUT2D eigenvalue weighted by Gasteiger charge is 2.27. The maximum absolute atomic E-state index is 11.9. The number of pyridine rings is 1. The summed E-state index contributed by atoms with van der Waals surface area (Å²) >= 11 is 0. The van der Waals surface area contributed by atoms with E-state index in [4.69, 9.17) is 0 Å². The standard InChI is InChI=1S/C10H14F3N3O2S/c1-14-6-8-2-3-9(15-7-8)19(17,18)16-5-4-10(11,12)13/h2-3,7,14,16H,4-6H2,1H3. The first-order chi connectivity index (χ1) is 8.74. The smallest absolute Gasteiger partial charge is 0.316 e. The zero-order valence-corrected chi connectivity index (χ0v) is 11.0. The Labute approximate surface area is 109 Å². The molecule has 0 unspecified atom stereocenters. The second kappa shape index (κ2) is 6.31. The van der Waals surface area contributed by atoms with Gasteiger partial charge in [0.1, 0.15) is 0 Å². The number of rotatable bonds is 6. The monoisotopic (exact) mass is 297 g/mol. The minimum atomic E-state index is -4.40. The van der Waals surface area contributed by atoms with Gasteiger partial charge in [-0.05, 0) is 18.7 Å². The molecule has 0 aliphatic heterocycles. The Hall–Kier alpha value is -1.19. The molecule has 9 heteroatoms. The van der Waals surface area contributed by atoms with Crippen LogP contribution in [0.15, 0.2) is 23.4 Å². The molecule has 0 atom stereocenters. The fourth-order valence-corrected chi connectivity index (χ4v) is 2.24. The highest BCUT2D eigenvalue weighted by atomic mass is 32.2. The number of halogens is 3. The van der Waals surface area contributed by atoms with E-state index in [-0.39, 0.29) is 5.03 Å². The lowest BCUT2D eigenvalue weighted by atomic mass is 10.3. The van der Waals surface area contributed by atoms with Crippen LogP contribution in [0, 0.1) is 0 Å². The minimum Gasteiger partial charge on any atom is -0.316 e. The molecule has 1 aromatic heterocycles. The SMILES string of the molecule is CNCc1ccc(S(=O)(=O)NCCC(F)(F)F)nc1. The lowest BCUT2D eigenvalue weighted by molar-refractivity contribution is -0.132. The Balaban J connectivity index is 2.67. The average molecular weight is 297 g/mol. The molecule has 0 amide bonds. The first kappa shape index (κ1) is 15.9. The van der Waals surface area contributed by atoms with Crippen LogP contribution in [-0.2, 0) is 16.6 Å². The van der Waals surface area contributed by atoms with Gasteiger partial charge in [0.2, 0.25) is 0 Å². The van der Waals surface area contributed by atoms with Crippen molar-refractivity contribution in [3.05, 3.63) is 23.9 Å². The predicted molar refractivity (Wildman–Crippen MR) is 62.9 cm³/mol. The van der Waals surface area contributed by atoms with Crippen molar-refractivity contribution < 1.29 is 21.6 Å². The van der Waals surface area contributed by atoms with Gasteiger partial charge in [0.25, 0.3) is 10.0 Å². The molecule has 0 aliphatic rings. The van der Waals surface area contributed by atoms with Gasteiger partial charge in [-0.1, -0.05) is 6.07 Å². The Bertz CT molecular complexity index is 500. The molecule has 0 aromatic carbocycles. The van der Waals surface area contributed by atoms with Crippen molar-refractivity contribution in [3.8, 4) is 0 Å². The van der Waals surface area contributed by atoms with E-state index in [0.717, 1.165) is 5.56 Å². The molecule has 1 aromatic rings. The molecule has 0 spiro atoms. The normalized spacial score (nSPS) is 12.6. The van der Waals surface area contributed by atoms with Gasteiger partial charge in [-0.25, -0.2) is 18.1 Å². The average Bonchev–Trinajstić information content (AvgIpc) is 2.28. The topological polar surface area (TPSA) is 71.1 Å². The van der Waals surface area contributed by atoms with E-state index < -0.39 is 29.2 Å². The summed E-state index contributed by atoms with van der Waals surface area (Å²) in [6.45, 7) is -0.180. The first-order valence-corrected chi connectivity index (χ1v) is 6.89. The molecular weight excluding hydrogens is 283 g/mol. The Morgan fingerprint density at radius 2 is 2.00 bits per heavy atom. The fourth-order valence-electron chi connectivity index (χ4n) is 1.28. The van der Waals surface area contributed by atoms with Crippen molar-refractivity contribution in [2.45, 2.75) is 24.2 Å². The van der Waals surface area contributed by atoms with Crippen LogP contribution in [0.3, 0.4) is 0 Å². The second-order valence-electron chi connectivity index (χ2n) is 3.80. The van der Waals surface area contributed by atoms with Gasteiger partial charge in [-0.2, -0.15) is 13.2 Å². The molecule has 0 saturated carbocycles. The molecule has 0 saturated heterocycles. The van der Waals surface area contributed by atoms with Crippen LogP contribution in [0.4, 0.5) is 13.2 Å². The van der Waals surface area contributed by atoms with Crippen molar-refractivity contribution in [1.82, 2.24) is 15.0 Å². The molecule has 108 valence electrons. The summed E-state index contributed by atoms with van der Waals surface area (Å²) in [5.41, 5.74) is 0.775. The lowest BCUT2D eigenvalue weighted by Gasteiger charge is -2.08. The maximum Gasteiger partial charge on any atom is 0.390 e. The van der Waals surface area contributed by atoms with Gasteiger partial charge in [0.15, 0.2) is 5.03 Å². The van der Waals surface area contributed by atoms with Gasteiger partial charge in [0, 0.05) is 19.3 Å². The quantitative estimate of drug-likeness (QED) is 0.823. The summed E-state index contributed by atoms with van der Waals surface area (Å²) in [7, 11) is -2.27. The number of aromatic nitrogens is 1. The molecule has 19 heavy (non-hydrogen) atoms. The van der Waals surface area contributed by atoms with Crippen molar-refractivity contribution >= 4 is 10.0 Å². The molecular formula is C10H14F3N3O2S. The Morgan fingerprint density at radius 3 is 2.47 bits per heavy atom. The summed E-state index contributed by atoms with van der Waals surface area (Å²) in [5, 5.41) is 2.57. The van der Waals surface area contributed by atoms with E-state index in [9.17, 15) is 21.6 Å². The van der Waals surface area contributed by atoms with E-state index in [0.29, 0.717) is 6.54 Å². The summed E-state index contributed by atoms with van der Waals surface area (Å²) in [5.74, 6) is 0. The van der Waals surface area contributed by atoms with Crippen LogP contribution in [0.1, 0.15) is 12.0 Å². The fraction of sp³-hybridized carbons (Fsp3) is 0.500. The number of alkyl halides is 3. The van der Waals surface area contributed by atoms with Crippen LogP contribution in [0.2, 0.25) is 0 Å². The number of sulfonamides is 1. The van der Waals surface area contributed by atoms with E-state index in [1.807, 2.05) is 4.72 Å². The lowest BCUT2D eigenvalue weighted by Crippen LogP contribution is -2.28. The number of hydrogen-bond acceptors (Lipinski definition) is 4. The van der Waals surface area contributed by atoms with E-state index in [2.05, 4.69) is 10.3 Å². The van der Waals surface area contributed by atoms with E-state index >= 15 is 0 Å². The predicted octanol–water partition coefficient (Wildman–Crippen LogP) is 1.03. The second-order valence-corrected chi connectivity index (χ2v) is 5.51. The third kappa shape index (κ3) is 5.53. The van der Waals surface area contributed by atoms with Gasteiger partial charge < -0.3 is 5.32 Å². The summed E-state index contributed by atoms with van der Waals surface area (Å²) in [6.07, 6.45) is -4.26. The molecule has 0 bridgehead atoms. The van der Waals surface area contributed by atoms with Crippen molar-refractivity contribution in [2.24, 2.45) is 0 Å². The first-order valence-electron chi connectivity index (χ1n) is 5.40. The van der Waals surface area contributed by atoms with Crippen LogP contribution in [0.25, 0.3) is 0 Å². The van der Waals surface area contributed by atoms with Crippen LogP contribution >= 0.6 is 0 Å². The molecule has 0 fully saturated rings. The highest BCUT2D eigenvalue weighted by molar-refractivity contribution is 7.89. The zero-order chi connectivity index (χ0) is 14.5. The van der Waals surface area contributed by atoms with Crippen LogP contribution in [0.5, 0.6) is 0 Å². The Morgan fingerprint density at radius 1 is 1.32 bits per heavy atom. The molecule has 1 heterocycles. The third-order valence-electron chi connectivity index (χ3n) is 2.15. The molecule has 0 radical (unpaired) electrons. The van der Waals surface area contributed by atoms with Crippen molar-refractivity contribution in [3.63, 3.8) is 0 Å². The van der Waals surface area contributed by atoms with E-state index in [1.165, 1.54) is 12.3 Å². The van der Waals surface area contributed by atoms with Crippen LogP contribution < -0.4 is 10.0 Å². The van der Waals surface area contributed by atoms with Gasteiger partial charge >= 0.3 is 6.18 Å². The highest BCUT2D eigenvalue weighted by Crippen LogP contribution is 2.18. The molecule has 0 aliphatic carbocycles. The largest absolute Gasteiger partial charge is 0.390 e. The Kier molecular flexibility index (Phi) is 5.27. The van der Waals surface area contributed by atoms with Gasteiger partial charge in [-0.3, -0.25) is 0 Å². The molecule has 2 N–H and O–H groups in total. The summed E-state index contributed by atoms with van der Waals surface area (Å²) in [4.78, 5) is 3.71. The summed E-state index contributed by atoms with van der Waals surface area (Å²) in [6, 6.07) is 2.80. The minimum absolute atomic E-state index is 0.297. The van der Waals surface area contributed by atoms with E-state index in [1.54, 1.807) is 13.1 Å². The zero-order valence-electron chi connectivity index (χ0n) is 10.2. The van der Waals surface area contributed by atoms with Crippen molar-refractivity contribution in [1.29, 1.82) is 0 Å². The van der Waals surface area contributed by atoms with Crippen molar-refractivity contribution in [2.75, 3.05) is 13.6 Å². The third-order valence-corrected chi connectivity index (χ3v) is 3.53. The maximum atomic E-state index is 11.9. The number of nitrogens with one attached hydrogen (secondary N) is 2. The number of hydrogen-bond donors (Lipinski definition) is 2.